The number of halogens is 1. The summed E-state index contributed by atoms with van der Waals surface area (Å²) in [4.78, 5) is 4.38. The predicted molar refractivity (Wildman–Crippen MR) is 73.8 cm³/mol. The molecule has 16 heavy (non-hydrogen) atoms. The van der Waals surface area contributed by atoms with Crippen molar-refractivity contribution in [1.29, 1.82) is 0 Å². The maximum absolute atomic E-state index is 4.38. The summed E-state index contributed by atoms with van der Waals surface area (Å²) in [6.45, 7) is 12.1. The summed E-state index contributed by atoms with van der Waals surface area (Å²) in [5, 5.41) is 3.43. The third-order valence-corrected chi connectivity index (χ3v) is 3.75. The molecule has 0 saturated heterocycles. The molecule has 3 heteroatoms. The standard InChI is InChI=1S/C13H21BrN2/c1-9(2)13(4,5)8-16-12-10(3)6-11(14)7-15-12/h6-7,9H,8H2,1-5H3,(H,15,16). The fraction of sp³-hybridized carbons (Fsp3) is 0.615. The van der Waals surface area contributed by atoms with Gasteiger partial charge in [-0.15, -0.1) is 0 Å². The predicted octanol–water partition coefficient (Wildman–Crippen LogP) is 4.25. The lowest BCUT2D eigenvalue weighted by Gasteiger charge is -2.29. The molecule has 0 aliphatic rings. The lowest BCUT2D eigenvalue weighted by atomic mass is 9.81. The van der Waals surface area contributed by atoms with Gasteiger partial charge in [-0.1, -0.05) is 27.7 Å². The van der Waals surface area contributed by atoms with E-state index in [4.69, 9.17) is 0 Å². The zero-order valence-electron chi connectivity index (χ0n) is 10.8. The Morgan fingerprint density at radius 1 is 1.44 bits per heavy atom. The van der Waals surface area contributed by atoms with E-state index < -0.39 is 0 Å². The Labute approximate surface area is 107 Å². The second-order valence-electron chi connectivity index (χ2n) is 5.32. The van der Waals surface area contributed by atoms with E-state index >= 15 is 0 Å². The first-order valence-electron chi connectivity index (χ1n) is 5.69. The van der Waals surface area contributed by atoms with Gasteiger partial charge in [-0.25, -0.2) is 4.98 Å². The molecule has 0 bridgehead atoms. The van der Waals surface area contributed by atoms with Crippen molar-refractivity contribution < 1.29 is 0 Å². The molecule has 0 spiro atoms. The van der Waals surface area contributed by atoms with Crippen LogP contribution in [0.5, 0.6) is 0 Å². The normalized spacial score (nSPS) is 11.9. The minimum absolute atomic E-state index is 0.279. The summed E-state index contributed by atoms with van der Waals surface area (Å²) in [6.07, 6.45) is 1.83. The molecule has 0 aromatic carbocycles. The molecule has 0 aliphatic carbocycles. The van der Waals surface area contributed by atoms with Gasteiger partial charge in [0.1, 0.15) is 5.82 Å². The van der Waals surface area contributed by atoms with Crippen LogP contribution < -0.4 is 5.32 Å². The lowest BCUT2D eigenvalue weighted by Crippen LogP contribution is -2.29. The van der Waals surface area contributed by atoms with E-state index in [2.05, 4.69) is 66.9 Å². The molecule has 0 aliphatic heterocycles. The van der Waals surface area contributed by atoms with Crippen molar-refractivity contribution in [2.24, 2.45) is 11.3 Å². The summed E-state index contributed by atoms with van der Waals surface area (Å²) < 4.78 is 1.03. The fourth-order valence-electron chi connectivity index (χ4n) is 1.24. The van der Waals surface area contributed by atoms with E-state index in [0.29, 0.717) is 5.92 Å². The number of anilines is 1. The van der Waals surface area contributed by atoms with Gasteiger partial charge in [-0.05, 0) is 45.8 Å². The van der Waals surface area contributed by atoms with Gasteiger partial charge in [0, 0.05) is 17.2 Å². The number of pyridine rings is 1. The first-order valence-corrected chi connectivity index (χ1v) is 6.48. The smallest absolute Gasteiger partial charge is 0.128 e. The Balaban J connectivity index is 2.68. The van der Waals surface area contributed by atoms with Crippen molar-refractivity contribution in [2.45, 2.75) is 34.6 Å². The van der Waals surface area contributed by atoms with Crippen LogP contribution >= 0.6 is 15.9 Å². The Kier molecular flexibility index (Phi) is 4.36. The lowest BCUT2D eigenvalue weighted by molar-refractivity contribution is 0.269. The number of rotatable bonds is 4. The number of hydrogen-bond acceptors (Lipinski definition) is 2. The van der Waals surface area contributed by atoms with E-state index in [-0.39, 0.29) is 5.41 Å². The van der Waals surface area contributed by atoms with Crippen LogP contribution in [0.15, 0.2) is 16.7 Å². The highest BCUT2D eigenvalue weighted by Crippen LogP contribution is 2.27. The monoisotopic (exact) mass is 284 g/mol. The molecular weight excluding hydrogens is 264 g/mol. The van der Waals surface area contributed by atoms with Crippen LogP contribution in [0, 0.1) is 18.3 Å². The molecule has 90 valence electrons. The summed E-state index contributed by atoms with van der Waals surface area (Å²) in [6, 6.07) is 2.08. The number of aryl methyl sites for hydroxylation is 1. The largest absolute Gasteiger partial charge is 0.369 e. The minimum Gasteiger partial charge on any atom is -0.369 e. The maximum atomic E-state index is 4.38. The number of nitrogens with one attached hydrogen (secondary N) is 1. The number of nitrogens with zero attached hydrogens (tertiary/aromatic N) is 1. The topological polar surface area (TPSA) is 24.9 Å². The first kappa shape index (κ1) is 13.5. The molecule has 0 fully saturated rings. The quantitative estimate of drug-likeness (QED) is 0.894. The summed E-state index contributed by atoms with van der Waals surface area (Å²) in [5.41, 5.74) is 1.45. The van der Waals surface area contributed by atoms with Crippen LogP contribution in [-0.4, -0.2) is 11.5 Å². The summed E-state index contributed by atoms with van der Waals surface area (Å²) in [5.74, 6) is 1.63. The van der Waals surface area contributed by atoms with Crippen LogP contribution in [0.3, 0.4) is 0 Å². The molecule has 0 atom stereocenters. The molecule has 0 amide bonds. The van der Waals surface area contributed by atoms with Crippen molar-refractivity contribution in [1.82, 2.24) is 4.98 Å². The second-order valence-corrected chi connectivity index (χ2v) is 6.23. The molecular formula is C13H21BrN2. The molecule has 2 nitrogen and oxygen atoms in total. The van der Waals surface area contributed by atoms with E-state index in [1.54, 1.807) is 0 Å². The summed E-state index contributed by atoms with van der Waals surface area (Å²) in [7, 11) is 0. The van der Waals surface area contributed by atoms with Gasteiger partial charge in [0.2, 0.25) is 0 Å². The second kappa shape index (κ2) is 5.17. The highest BCUT2D eigenvalue weighted by Gasteiger charge is 2.22. The van der Waals surface area contributed by atoms with Gasteiger partial charge in [-0.3, -0.25) is 0 Å². The van der Waals surface area contributed by atoms with E-state index in [1.807, 2.05) is 6.20 Å². The third-order valence-electron chi connectivity index (χ3n) is 3.32. The molecule has 0 radical (unpaired) electrons. The van der Waals surface area contributed by atoms with E-state index in [0.717, 1.165) is 16.8 Å². The van der Waals surface area contributed by atoms with Gasteiger partial charge in [0.25, 0.3) is 0 Å². The first-order chi connectivity index (χ1) is 7.33. The molecule has 1 N–H and O–H groups in total. The third kappa shape index (κ3) is 3.48. The van der Waals surface area contributed by atoms with E-state index in [9.17, 15) is 0 Å². The van der Waals surface area contributed by atoms with Crippen molar-refractivity contribution >= 4 is 21.7 Å². The van der Waals surface area contributed by atoms with Crippen molar-refractivity contribution in [3.05, 3.63) is 22.3 Å². The molecule has 1 aromatic rings. The number of hydrogen-bond donors (Lipinski definition) is 1. The van der Waals surface area contributed by atoms with Gasteiger partial charge in [0.05, 0.1) is 0 Å². The molecule has 0 unspecified atom stereocenters. The zero-order chi connectivity index (χ0) is 12.3. The van der Waals surface area contributed by atoms with Gasteiger partial charge >= 0.3 is 0 Å². The van der Waals surface area contributed by atoms with Crippen LogP contribution in [0.2, 0.25) is 0 Å². The average molecular weight is 285 g/mol. The van der Waals surface area contributed by atoms with Gasteiger partial charge < -0.3 is 5.32 Å². The molecule has 1 rings (SSSR count). The summed E-state index contributed by atoms with van der Waals surface area (Å²) >= 11 is 3.42. The van der Waals surface area contributed by atoms with Gasteiger partial charge in [-0.2, -0.15) is 0 Å². The van der Waals surface area contributed by atoms with Gasteiger partial charge in [0.15, 0.2) is 0 Å². The van der Waals surface area contributed by atoms with Crippen LogP contribution in [0.4, 0.5) is 5.82 Å². The minimum atomic E-state index is 0.279. The molecule has 0 saturated carbocycles. The Morgan fingerprint density at radius 3 is 2.56 bits per heavy atom. The van der Waals surface area contributed by atoms with Crippen LogP contribution in [0.25, 0.3) is 0 Å². The van der Waals surface area contributed by atoms with Crippen molar-refractivity contribution in [3.63, 3.8) is 0 Å². The Hall–Kier alpha value is -0.570. The number of aromatic nitrogens is 1. The Morgan fingerprint density at radius 2 is 2.06 bits per heavy atom. The van der Waals surface area contributed by atoms with Crippen LogP contribution in [0.1, 0.15) is 33.3 Å². The highest BCUT2D eigenvalue weighted by atomic mass is 79.9. The molecule has 1 heterocycles. The van der Waals surface area contributed by atoms with Crippen molar-refractivity contribution in [2.75, 3.05) is 11.9 Å². The maximum Gasteiger partial charge on any atom is 0.128 e. The highest BCUT2D eigenvalue weighted by molar-refractivity contribution is 9.10. The SMILES string of the molecule is Cc1cc(Br)cnc1NCC(C)(C)C(C)C. The average Bonchev–Trinajstić information content (AvgIpc) is 2.16. The van der Waals surface area contributed by atoms with E-state index in [1.165, 1.54) is 5.56 Å². The van der Waals surface area contributed by atoms with Crippen LogP contribution in [-0.2, 0) is 0 Å². The molecule has 1 aromatic heterocycles. The Bertz CT molecular complexity index is 359. The van der Waals surface area contributed by atoms with Crippen molar-refractivity contribution in [3.8, 4) is 0 Å². The zero-order valence-corrected chi connectivity index (χ0v) is 12.4. The fourth-order valence-corrected chi connectivity index (χ4v) is 1.69.